The highest BCUT2D eigenvalue weighted by atomic mass is 35.5. The minimum absolute atomic E-state index is 0.00733. The van der Waals surface area contributed by atoms with E-state index in [-0.39, 0.29) is 23.0 Å². The highest BCUT2D eigenvalue weighted by Gasteiger charge is 2.42. The summed E-state index contributed by atoms with van der Waals surface area (Å²) in [6, 6.07) is 7.41. The Kier molecular flexibility index (Phi) is 5.83. The molecular formula is C22H25Cl2N3O2. The van der Waals surface area contributed by atoms with Crippen LogP contribution in [0.5, 0.6) is 0 Å². The molecule has 0 amide bonds. The molecule has 1 spiro atoms. The van der Waals surface area contributed by atoms with Crippen molar-refractivity contribution in [3.63, 3.8) is 0 Å². The number of halogens is 2. The number of benzene rings is 1. The van der Waals surface area contributed by atoms with E-state index < -0.39 is 0 Å². The maximum absolute atomic E-state index is 12.8. The molecule has 1 aliphatic heterocycles. The lowest BCUT2D eigenvalue weighted by atomic mass is 9.70. The minimum Gasteiger partial charge on any atom is -0.298 e. The van der Waals surface area contributed by atoms with Gasteiger partial charge in [-0.15, -0.1) is 0 Å². The highest BCUT2D eigenvalue weighted by molar-refractivity contribution is 6.42. The molecule has 0 unspecified atom stereocenters. The fourth-order valence-electron chi connectivity index (χ4n) is 4.78. The van der Waals surface area contributed by atoms with Gasteiger partial charge in [0.1, 0.15) is 5.69 Å². The Balaban J connectivity index is 1.35. The summed E-state index contributed by atoms with van der Waals surface area (Å²) in [5.74, 6) is -0.130. The third kappa shape index (κ3) is 4.27. The molecule has 2 aromatic rings. The number of nitrogens with zero attached hydrogens (tertiary/aromatic N) is 3. The van der Waals surface area contributed by atoms with Crippen LogP contribution in [0.15, 0.2) is 30.5 Å². The summed E-state index contributed by atoms with van der Waals surface area (Å²) in [6.07, 6.45) is 6.60. The lowest BCUT2D eigenvalue weighted by molar-refractivity contribution is 0.0705. The molecule has 7 heteroatoms. The Labute approximate surface area is 181 Å². The monoisotopic (exact) mass is 433 g/mol. The first-order valence-electron chi connectivity index (χ1n) is 10.1. The van der Waals surface area contributed by atoms with Crippen molar-refractivity contribution in [2.75, 3.05) is 13.1 Å². The van der Waals surface area contributed by atoms with E-state index in [0.29, 0.717) is 15.7 Å². The van der Waals surface area contributed by atoms with Crippen molar-refractivity contribution in [3.8, 4) is 0 Å². The molecular weight excluding hydrogens is 409 g/mol. The maximum atomic E-state index is 12.8. The van der Waals surface area contributed by atoms with E-state index in [1.165, 1.54) is 11.6 Å². The molecule has 1 aromatic carbocycles. The molecule has 2 aliphatic rings. The molecule has 1 aromatic heterocycles. The van der Waals surface area contributed by atoms with Crippen LogP contribution in [0.1, 0.15) is 59.9 Å². The van der Waals surface area contributed by atoms with Gasteiger partial charge >= 0.3 is 0 Å². The van der Waals surface area contributed by atoms with Crippen molar-refractivity contribution in [2.45, 2.75) is 45.6 Å². The van der Waals surface area contributed by atoms with Crippen molar-refractivity contribution in [2.24, 2.45) is 11.3 Å². The van der Waals surface area contributed by atoms with E-state index in [1.807, 2.05) is 18.2 Å². The van der Waals surface area contributed by atoms with Crippen molar-refractivity contribution < 1.29 is 9.59 Å². The summed E-state index contributed by atoms with van der Waals surface area (Å²) in [4.78, 5) is 26.6. The zero-order chi connectivity index (χ0) is 20.6. The second kappa shape index (κ2) is 8.21. The van der Waals surface area contributed by atoms with Gasteiger partial charge < -0.3 is 0 Å². The number of carbonyl (C=O) groups excluding carboxylic acids is 2. The van der Waals surface area contributed by atoms with E-state index in [4.69, 9.17) is 23.2 Å². The third-order valence-electron chi connectivity index (χ3n) is 6.51. The van der Waals surface area contributed by atoms with E-state index in [2.05, 4.69) is 10.00 Å². The molecule has 0 radical (unpaired) electrons. The average Bonchev–Trinajstić information content (AvgIpc) is 3.34. The zero-order valence-electron chi connectivity index (χ0n) is 16.5. The quantitative estimate of drug-likeness (QED) is 0.628. The lowest BCUT2D eigenvalue weighted by Crippen LogP contribution is -2.35. The minimum atomic E-state index is -0.120. The second-order valence-corrected chi connectivity index (χ2v) is 9.27. The molecule has 2 heterocycles. The van der Waals surface area contributed by atoms with Crippen LogP contribution >= 0.6 is 23.2 Å². The van der Waals surface area contributed by atoms with Gasteiger partial charge in [-0.3, -0.25) is 14.5 Å². The van der Waals surface area contributed by atoms with Gasteiger partial charge in [-0.05, 0) is 61.8 Å². The predicted octanol–water partition coefficient (Wildman–Crippen LogP) is 5.12. The van der Waals surface area contributed by atoms with Crippen LogP contribution < -0.4 is 0 Å². The van der Waals surface area contributed by atoms with Gasteiger partial charge in [-0.25, -0.2) is 4.68 Å². The van der Waals surface area contributed by atoms with Gasteiger partial charge in [0, 0.05) is 32.1 Å². The van der Waals surface area contributed by atoms with Gasteiger partial charge in [0.15, 0.2) is 5.78 Å². The van der Waals surface area contributed by atoms with Gasteiger partial charge in [0.25, 0.3) is 0 Å². The van der Waals surface area contributed by atoms with Gasteiger partial charge in [0.05, 0.1) is 10.0 Å². The first-order valence-corrected chi connectivity index (χ1v) is 10.9. The van der Waals surface area contributed by atoms with Crippen molar-refractivity contribution in [1.82, 2.24) is 14.7 Å². The molecule has 0 atom stereocenters. The van der Waals surface area contributed by atoms with E-state index in [9.17, 15) is 9.59 Å². The first kappa shape index (κ1) is 20.6. The summed E-state index contributed by atoms with van der Waals surface area (Å²) in [5.41, 5.74) is 1.70. The van der Waals surface area contributed by atoms with Crippen LogP contribution in [0.4, 0.5) is 0 Å². The molecule has 1 aliphatic carbocycles. The van der Waals surface area contributed by atoms with Gasteiger partial charge in [-0.1, -0.05) is 35.3 Å². The van der Waals surface area contributed by atoms with Crippen LogP contribution in [0, 0.1) is 11.3 Å². The maximum Gasteiger partial charge on any atom is 0.249 e. The van der Waals surface area contributed by atoms with Crippen LogP contribution in [0.2, 0.25) is 10.0 Å². The fraction of sp³-hybridized carbons (Fsp3) is 0.500. The summed E-state index contributed by atoms with van der Waals surface area (Å²) >= 11 is 12.5. The Bertz CT molecular complexity index is 932. The number of carbonyl (C=O) groups is 2. The number of likely N-dealkylation sites (tertiary alicyclic amines) is 1. The molecule has 0 bridgehead atoms. The topological polar surface area (TPSA) is 55.2 Å². The SMILES string of the molecule is CC(=O)c1ccn(C(=O)C2CCC3(CC2)CCN(Cc2cccc(Cl)c2Cl)C3)n1. The smallest absolute Gasteiger partial charge is 0.249 e. The van der Waals surface area contributed by atoms with E-state index >= 15 is 0 Å². The second-order valence-electron chi connectivity index (χ2n) is 8.49. The number of Topliss-reactive ketones (excluding diaryl/α,β-unsaturated/α-hetero) is 1. The summed E-state index contributed by atoms with van der Waals surface area (Å²) in [5, 5.41) is 5.38. The number of aromatic nitrogens is 2. The molecule has 29 heavy (non-hydrogen) atoms. The zero-order valence-corrected chi connectivity index (χ0v) is 18.0. The van der Waals surface area contributed by atoms with Crippen LogP contribution in [-0.2, 0) is 6.54 Å². The predicted molar refractivity (Wildman–Crippen MR) is 114 cm³/mol. The van der Waals surface area contributed by atoms with Crippen molar-refractivity contribution >= 4 is 34.9 Å². The van der Waals surface area contributed by atoms with Gasteiger partial charge in [0.2, 0.25) is 5.91 Å². The highest BCUT2D eigenvalue weighted by Crippen LogP contribution is 2.46. The molecule has 1 saturated carbocycles. The largest absolute Gasteiger partial charge is 0.298 e. The Hall–Kier alpha value is -1.69. The van der Waals surface area contributed by atoms with E-state index in [0.717, 1.165) is 57.3 Å². The summed E-state index contributed by atoms with van der Waals surface area (Å²) in [6.45, 7) is 4.35. The molecule has 154 valence electrons. The standard InChI is InChI=1S/C22H25Cl2N3O2/c1-15(28)19-7-11-27(25-19)21(29)16-5-8-22(9-6-16)10-12-26(14-22)13-17-3-2-4-18(23)20(17)24/h2-4,7,11,16H,5-6,8-10,12-14H2,1H3. The number of ketones is 1. The number of rotatable bonds is 4. The Morgan fingerprint density at radius 1 is 1.17 bits per heavy atom. The Morgan fingerprint density at radius 2 is 1.93 bits per heavy atom. The van der Waals surface area contributed by atoms with Gasteiger partial charge in [-0.2, -0.15) is 5.10 Å². The van der Waals surface area contributed by atoms with Crippen molar-refractivity contribution in [1.29, 1.82) is 0 Å². The molecule has 1 saturated heterocycles. The first-order chi connectivity index (χ1) is 13.9. The van der Waals surface area contributed by atoms with Crippen LogP contribution in [-0.4, -0.2) is 39.5 Å². The molecule has 5 nitrogen and oxygen atoms in total. The summed E-state index contributed by atoms with van der Waals surface area (Å²) in [7, 11) is 0. The van der Waals surface area contributed by atoms with Crippen LogP contribution in [0.25, 0.3) is 0 Å². The number of hydrogen-bond donors (Lipinski definition) is 0. The molecule has 2 fully saturated rings. The lowest BCUT2D eigenvalue weighted by Gasteiger charge is -2.36. The third-order valence-corrected chi connectivity index (χ3v) is 7.37. The van der Waals surface area contributed by atoms with Crippen LogP contribution in [0.3, 0.4) is 0 Å². The molecule has 4 rings (SSSR count). The Morgan fingerprint density at radius 3 is 2.62 bits per heavy atom. The van der Waals surface area contributed by atoms with E-state index in [1.54, 1.807) is 12.3 Å². The normalized spacial score (nSPS) is 24.9. The van der Waals surface area contributed by atoms with Crippen molar-refractivity contribution in [3.05, 3.63) is 51.8 Å². The molecule has 0 N–H and O–H groups in total. The fourth-order valence-corrected chi connectivity index (χ4v) is 5.16. The number of hydrogen-bond acceptors (Lipinski definition) is 4. The average molecular weight is 434 g/mol. The summed E-state index contributed by atoms with van der Waals surface area (Å²) < 4.78 is 1.35.